The molecular formula is C17H10O5. The molecule has 4 rings (SSSR count). The number of ketones is 1. The predicted molar refractivity (Wildman–Crippen MR) is 79.2 cm³/mol. The molecule has 0 spiro atoms. The Balaban J connectivity index is 1.80. The number of hydrogen-bond donors (Lipinski definition) is 2. The summed E-state index contributed by atoms with van der Waals surface area (Å²) >= 11 is 0. The highest BCUT2D eigenvalue weighted by atomic mass is 16.4. The number of fused-ring (bicyclic) bond motifs is 2. The van der Waals surface area contributed by atoms with Crippen molar-refractivity contribution in [3.63, 3.8) is 0 Å². The largest absolute Gasteiger partial charge is 0.508 e. The van der Waals surface area contributed by atoms with Crippen LogP contribution < -0.4 is 0 Å². The van der Waals surface area contributed by atoms with Gasteiger partial charge in [-0.25, -0.2) is 0 Å². The second-order valence-electron chi connectivity index (χ2n) is 4.99. The molecule has 0 bridgehead atoms. The van der Waals surface area contributed by atoms with Gasteiger partial charge in [0.2, 0.25) is 0 Å². The normalized spacial score (nSPS) is 11.3. The molecule has 2 N–H and O–H groups in total. The standard InChI is InChI=1S/C17H10O5/c18-11-3-1-9-5-15(21-13(9)7-11)17(20)16-6-10-2-4-12(19)8-14(10)22-16/h1-8,18-19H. The minimum Gasteiger partial charge on any atom is -0.508 e. The SMILES string of the molecule is O=C(c1cc2ccc(O)cc2o1)c1cc2ccc(O)cc2o1. The Hall–Kier alpha value is -3.21. The fraction of sp³-hybridized carbons (Fsp3) is 0. The second-order valence-corrected chi connectivity index (χ2v) is 4.99. The van der Waals surface area contributed by atoms with Crippen LogP contribution in [-0.2, 0) is 0 Å². The Morgan fingerprint density at radius 1 is 0.727 bits per heavy atom. The van der Waals surface area contributed by atoms with E-state index in [1.165, 1.54) is 24.3 Å². The molecule has 0 amide bonds. The highest BCUT2D eigenvalue weighted by Gasteiger charge is 2.19. The van der Waals surface area contributed by atoms with Crippen molar-refractivity contribution in [2.24, 2.45) is 0 Å². The van der Waals surface area contributed by atoms with E-state index in [9.17, 15) is 15.0 Å². The van der Waals surface area contributed by atoms with Gasteiger partial charge in [0, 0.05) is 22.9 Å². The summed E-state index contributed by atoms with van der Waals surface area (Å²) in [5.74, 6) is -0.000687. The van der Waals surface area contributed by atoms with Crippen LogP contribution in [0, 0.1) is 0 Å². The second kappa shape index (κ2) is 4.39. The fourth-order valence-corrected chi connectivity index (χ4v) is 2.38. The summed E-state index contributed by atoms with van der Waals surface area (Å²) in [6.45, 7) is 0. The predicted octanol–water partition coefficient (Wildman–Crippen LogP) is 3.82. The van der Waals surface area contributed by atoms with Crippen molar-refractivity contribution in [2.45, 2.75) is 0 Å². The zero-order valence-corrected chi connectivity index (χ0v) is 11.2. The van der Waals surface area contributed by atoms with Crippen LogP contribution in [-0.4, -0.2) is 16.0 Å². The molecule has 4 aromatic rings. The van der Waals surface area contributed by atoms with Gasteiger partial charge in [-0.1, -0.05) is 0 Å². The molecule has 5 nitrogen and oxygen atoms in total. The average molecular weight is 294 g/mol. The maximum absolute atomic E-state index is 12.4. The number of hydrogen-bond acceptors (Lipinski definition) is 5. The fourth-order valence-electron chi connectivity index (χ4n) is 2.38. The van der Waals surface area contributed by atoms with Crippen molar-refractivity contribution in [1.29, 1.82) is 0 Å². The number of phenols is 2. The van der Waals surface area contributed by atoms with Crippen molar-refractivity contribution >= 4 is 27.7 Å². The third kappa shape index (κ3) is 1.91. The van der Waals surface area contributed by atoms with Gasteiger partial charge in [-0.15, -0.1) is 0 Å². The first kappa shape index (κ1) is 12.5. The van der Waals surface area contributed by atoms with Gasteiger partial charge in [0.25, 0.3) is 5.78 Å². The van der Waals surface area contributed by atoms with E-state index >= 15 is 0 Å². The van der Waals surface area contributed by atoms with Gasteiger partial charge in [-0.2, -0.15) is 0 Å². The van der Waals surface area contributed by atoms with Crippen LogP contribution in [0.15, 0.2) is 57.4 Å². The van der Waals surface area contributed by atoms with Crippen LogP contribution in [0.1, 0.15) is 16.3 Å². The van der Waals surface area contributed by atoms with E-state index in [0.29, 0.717) is 11.2 Å². The molecule has 0 atom stereocenters. The molecule has 2 aromatic carbocycles. The van der Waals surface area contributed by atoms with E-state index in [2.05, 4.69) is 0 Å². The van der Waals surface area contributed by atoms with Gasteiger partial charge in [0.15, 0.2) is 11.5 Å². The third-order valence-electron chi connectivity index (χ3n) is 3.45. The monoisotopic (exact) mass is 294 g/mol. The Morgan fingerprint density at radius 3 is 1.64 bits per heavy atom. The summed E-state index contributed by atoms with van der Waals surface area (Å²) in [6, 6.07) is 12.5. The van der Waals surface area contributed by atoms with Gasteiger partial charge < -0.3 is 19.0 Å². The summed E-state index contributed by atoms with van der Waals surface area (Å²) in [5, 5.41) is 20.3. The Kier molecular flexibility index (Phi) is 2.50. The molecule has 108 valence electrons. The molecule has 0 saturated carbocycles. The summed E-state index contributed by atoms with van der Waals surface area (Å²) in [6.07, 6.45) is 0. The molecule has 5 heteroatoms. The molecule has 2 aromatic heterocycles. The molecule has 2 heterocycles. The molecular weight excluding hydrogens is 284 g/mol. The number of aromatic hydroxyl groups is 2. The van der Waals surface area contributed by atoms with Gasteiger partial charge in [-0.3, -0.25) is 4.79 Å². The summed E-state index contributed by atoms with van der Waals surface area (Å²) < 4.78 is 10.9. The summed E-state index contributed by atoms with van der Waals surface area (Å²) in [5.41, 5.74) is 0.856. The van der Waals surface area contributed by atoms with E-state index in [-0.39, 0.29) is 23.0 Å². The van der Waals surface area contributed by atoms with Gasteiger partial charge in [0.1, 0.15) is 22.7 Å². The number of benzene rings is 2. The number of phenolic OH excluding ortho intramolecular Hbond substituents is 2. The van der Waals surface area contributed by atoms with E-state index < -0.39 is 5.78 Å². The highest BCUT2D eigenvalue weighted by molar-refractivity contribution is 6.09. The molecule has 0 aliphatic carbocycles. The lowest BCUT2D eigenvalue weighted by atomic mass is 10.2. The first-order valence-corrected chi connectivity index (χ1v) is 6.60. The minimum atomic E-state index is -0.397. The quantitative estimate of drug-likeness (QED) is 0.549. The summed E-state index contributed by atoms with van der Waals surface area (Å²) in [7, 11) is 0. The Morgan fingerprint density at radius 2 is 1.18 bits per heavy atom. The van der Waals surface area contributed by atoms with Crippen molar-refractivity contribution in [2.75, 3.05) is 0 Å². The van der Waals surface area contributed by atoms with Crippen LogP contribution in [0.25, 0.3) is 21.9 Å². The average Bonchev–Trinajstić information content (AvgIpc) is 3.08. The first-order valence-electron chi connectivity index (χ1n) is 6.60. The lowest BCUT2D eigenvalue weighted by Crippen LogP contribution is -1.96. The van der Waals surface area contributed by atoms with Crippen molar-refractivity contribution < 1.29 is 23.8 Å². The Bertz CT molecular complexity index is 940. The number of rotatable bonds is 2. The molecule has 0 saturated heterocycles. The third-order valence-corrected chi connectivity index (χ3v) is 3.45. The van der Waals surface area contributed by atoms with Crippen LogP contribution in [0.4, 0.5) is 0 Å². The molecule has 0 radical (unpaired) electrons. The number of carbonyl (C=O) groups excluding carboxylic acids is 1. The molecule has 0 unspecified atom stereocenters. The van der Waals surface area contributed by atoms with Crippen LogP contribution in [0.5, 0.6) is 11.5 Å². The van der Waals surface area contributed by atoms with E-state index in [1.807, 2.05) is 0 Å². The first-order chi connectivity index (χ1) is 10.6. The molecule has 22 heavy (non-hydrogen) atoms. The van der Waals surface area contributed by atoms with Crippen molar-refractivity contribution in [3.8, 4) is 11.5 Å². The Labute approximate surface area is 124 Å². The van der Waals surface area contributed by atoms with Crippen molar-refractivity contribution in [3.05, 3.63) is 60.1 Å². The maximum Gasteiger partial charge on any atom is 0.263 e. The molecule has 0 aliphatic rings. The molecule has 0 aliphatic heterocycles. The van der Waals surface area contributed by atoms with Gasteiger partial charge >= 0.3 is 0 Å². The van der Waals surface area contributed by atoms with Crippen LogP contribution in [0.2, 0.25) is 0 Å². The number of furan rings is 2. The summed E-state index contributed by atoms with van der Waals surface area (Å²) in [4.78, 5) is 12.4. The van der Waals surface area contributed by atoms with Crippen molar-refractivity contribution in [1.82, 2.24) is 0 Å². The minimum absolute atomic E-state index is 0.0695. The topological polar surface area (TPSA) is 83.8 Å². The van der Waals surface area contributed by atoms with Crippen LogP contribution >= 0.6 is 0 Å². The van der Waals surface area contributed by atoms with Gasteiger partial charge in [-0.05, 0) is 36.4 Å². The van der Waals surface area contributed by atoms with Gasteiger partial charge in [0.05, 0.1) is 0 Å². The lowest BCUT2D eigenvalue weighted by Gasteiger charge is -1.91. The van der Waals surface area contributed by atoms with E-state index in [0.717, 1.165) is 10.8 Å². The molecule has 0 fully saturated rings. The smallest absolute Gasteiger partial charge is 0.263 e. The maximum atomic E-state index is 12.4. The highest BCUT2D eigenvalue weighted by Crippen LogP contribution is 2.28. The zero-order valence-electron chi connectivity index (χ0n) is 11.2. The van der Waals surface area contributed by atoms with Crippen LogP contribution in [0.3, 0.4) is 0 Å². The van der Waals surface area contributed by atoms with E-state index in [1.54, 1.807) is 24.3 Å². The number of carbonyl (C=O) groups is 1. The lowest BCUT2D eigenvalue weighted by molar-refractivity contribution is 0.0987. The zero-order chi connectivity index (χ0) is 15.3. The van der Waals surface area contributed by atoms with E-state index in [4.69, 9.17) is 8.83 Å².